The third-order valence-electron chi connectivity index (χ3n) is 5.94. The lowest BCUT2D eigenvalue weighted by atomic mass is 10.0. The second kappa shape index (κ2) is 11.7. The summed E-state index contributed by atoms with van der Waals surface area (Å²) >= 11 is 0. The van der Waals surface area contributed by atoms with Gasteiger partial charge in [0.05, 0.1) is 5.56 Å². The molecule has 0 radical (unpaired) electrons. The van der Waals surface area contributed by atoms with Crippen molar-refractivity contribution in [2.24, 2.45) is 10.9 Å². The number of rotatable bonds is 8. The second-order valence-electron chi connectivity index (χ2n) is 8.95. The van der Waals surface area contributed by atoms with E-state index in [2.05, 4.69) is 60.2 Å². The van der Waals surface area contributed by atoms with Crippen molar-refractivity contribution in [3.8, 4) is 0 Å². The van der Waals surface area contributed by atoms with Crippen molar-refractivity contribution in [1.82, 2.24) is 9.80 Å². The van der Waals surface area contributed by atoms with E-state index >= 15 is 0 Å². The molecule has 1 aliphatic heterocycles. The Labute approximate surface area is 192 Å². The molecule has 3 rings (SSSR count). The van der Waals surface area contributed by atoms with E-state index in [-0.39, 0.29) is 5.56 Å². The molecule has 2 N–H and O–H groups in total. The summed E-state index contributed by atoms with van der Waals surface area (Å²) in [6.45, 7) is 11.5. The number of guanidine groups is 1. The van der Waals surface area contributed by atoms with Crippen LogP contribution in [0.25, 0.3) is 0 Å². The molecule has 172 valence electrons. The number of benzene rings is 2. The molecule has 2 aromatic rings. The molecule has 1 heterocycles. The third-order valence-corrected chi connectivity index (χ3v) is 5.94. The Balaban J connectivity index is 1.67. The van der Waals surface area contributed by atoms with Gasteiger partial charge in [-0.3, -0.25) is 9.89 Å². The maximum atomic E-state index is 11.2. The van der Waals surface area contributed by atoms with E-state index in [1.807, 2.05) is 6.07 Å². The van der Waals surface area contributed by atoms with Crippen LogP contribution in [0.15, 0.2) is 59.6 Å². The summed E-state index contributed by atoms with van der Waals surface area (Å²) in [5, 5.41) is 12.6. The highest BCUT2D eigenvalue weighted by molar-refractivity contribution is 5.94. The maximum absolute atomic E-state index is 11.2. The average molecular weight is 437 g/mol. The summed E-state index contributed by atoms with van der Waals surface area (Å²) in [5.41, 5.74) is 2.41. The smallest absolute Gasteiger partial charge is 0.335 e. The zero-order valence-electron chi connectivity index (χ0n) is 19.5. The molecule has 0 saturated carbocycles. The maximum Gasteiger partial charge on any atom is 0.335 e. The van der Waals surface area contributed by atoms with Crippen LogP contribution in [0.2, 0.25) is 0 Å². The minimum absolute atomic E-state index is 0.283. The SMILES string of the molecule is CC(C)C[C@H](C)N1CCN(C(=NCCc2ccccc2)Nc2ccc(C(=O)O)cc2)CC1. The van der Waals surface area contributed by atoms with E-state index in [4.69, 9.17) is 10.1 Å². The summed E-state index contributed by atoms with van der Waals surface area (Å²) in [6.07, 6.45) is 2.10. The number of carboxylic acid groups (broad SMARTS) is 1. The molecule has 32 heavy (non-hydrogen) atoms. The fourth-order valence-corrected chi connectivity index (χ4v) is 4.19. The van der Waals surface area contributed by atoms with E-state index in [9.17, 15) is 4.79 Å². The van der Waals surface area contributed by atoms with Crippen molar-refractivity contribution in [2.75, 3.05) is 38.0 Å². The molecule has 0 bridgehead atoms. The molecule has 0 unspecified atom stereocenters. The summed E-state index contributed by atoms with van der Waals surface area (Å²) in [6, 6.07) is 17.8. The lowest BCUT2D eigenvalue weighted by Gasteiger charge is -2.40. The van der Waals surface area contributed by atoms with Crippen LogP contribution >= 0.6 is 0 Å². The number of piperazine rings is 1. The highest BCUT2D eigenvalue weighted by Gasteiger charge is 2.23. The summed E-state index contributed by atoms with van der Waals surface area (Å²) < 4.78 is 0. The Morgan fingerprint density at radius 1 is 1.00 bits per heavy atom. The Bertz CT molecular complexity index is 872. The molecule has 0 spiro atoms. The highest BCUT2D eigenvalue weighted by Crippen LogP contribution is 2.16. The van der Waals surface area contributed by atoms with Crippen LogP contribution in [0.4, 0.5) is 5.69 Å². The molecular weight excluding hydrogens is 400 g/mol. The number of hydrogen-bond acceptors (Lipinski definition) is 3. The first-order valence-electron chi connectivity index (χ1n) is 11.6. The lowest BCUT2D eigenvalue weighted by molar-refractivity contribution is 0.0697. The van der Waals surface area contributed by atoms with E-state index in [0.717, 1.165) is 44.2 Å². The van der Waals surface area contributed by atoms with Gasteiger partial charge >= 0.3 is 5.97 Å². The van der Waals surface area contributed by atoms with Gasteiger partial charge in [0.15, 0.2) is 5.96 Å². The predicted molar refractivity (Wildman–Crippen MR) is 132 cm³/mol. The quantitative estimate of drug-likeness (QED) is 0.473. The number of aliphatic imine (C=N–C) groups is 1. The standard InChI is InChI=1S/C26H36N4O2/c1-20(2)19-21(3)29-15-17-30(18-16-29)26(27-14-13-22-7-5-4-6-8-22)28-24-11-9-23(10-12-24)25(31)32/h4-12,20-21H,13-19H2,1-3H3,(H,27,28)(H,31,32)/t21-/m0/s1. The molecule has 1 fully saturated rings. The monoisotopic (exact) mass is 436 g/mol. The van der Waals surface area contributed by atoms with E-state index in [0.29, 0.717) is 18.5 Å². The Kier molecular flexibility index (Phi) is 8.68. The lowest BCUT2D eigenvalue weighted by Crippen LogP contribution is -2.53. The van der Waals surface area contributed by atoms with Gasteiger partial charge in [0.25, 0.3) is 0 Å². The van der Waals surface area contributed by atoms with E-state index in [1.54, 1.807) is 24.3 Å². The summed E-state index contributed by atoms with van der Waals surface area (Å²) in [7, 11) is 0. The number of hydrogen-bond donors (Lipinski definition) is 2. The van der Waals surface area contributed by atoms with Crippen LogP contribution in [0.5, 0.6) is 0 Å². The van der Waals surface area contributed by atoms with Gasteiger partial charge in [-0.15, -0.1) is 0 Å². The summed E-state index contributed by atoms with van der Waals surface area (Å²) in [5.74, 6) is 0.647. The van der Waals surface area contributed by atoms with Crippen molar-refractivity contribution in [3.05, 3.63) is 65.7 Å². The first kappa shape index (κ1) is 23.8. The van der Waals surface area contributed by atoms with Crippen LogP contribution in [-0.2, 0) is 6.42 Å². The molecular formula is C26H36N4O2. The zero-order valence-corrected chi connectivity index (χ0v) is 19.5. The van der Waals surface area contributed by atoms with E-state index < -0.39 is 5.97 Å². The van der Waals surface area contributed by atoms with Crippen LogP contribution in [0.3, 0.4) is 0 Å². The Morgan fingerprint density at radius 2 is 1.66 bits per heavy atom. The largest absolute Gasteiger partial charge is 0.478 e. The van der Waals surface area contributed by atoms with Gasteiger partial charge < -0.3 is 15.3 Å². The first-order chi connectivity index (χ1) is 15.4. The minimum atomic E-state index is -0.917. The fraction of sp³-hybridized carbons (Fsp3) is 0.462. The van der Waals surface area contributed by atoms with Gasteiger partial charge in [-0.05, 0) is 55.5 Å². The fourth-order valence-electron chi connectivity index (χ4n) is 4.19. The summed E-state index contributed by atoms with van der Waals surface area (Å²) in [4.78, 5) is 20.9. The molecule has 6 heteroatoms. The Hall–Kier alpha value is -2.86. The van der Waals surface area contributed by atoms with Gasteiger partial charge in [0, 0.05) is 44.5 Å². The van der Waals surface area contributed by atoms with E-state index in [1.165, 1.54) is 12.0 Å². The highest BCUT2D eigenvalue weighted by atomic mass is 16.4. The normalized spacial score (nSPS) is 16.2. The topological polar surface area (TPSA) is 68.2 Å². The van der Waals surface area contributed by atoms with Crippen molar-refractivity contribution >= 4 is 17.6 Å². The van der Waals surface area contributed by atoms with Crippen molar-refractivity contribution in [2.45, 2.75) is 39.7 Å². The second-order valence-corrected chi connectivity index (χ2v) is 8.95. The van der Waals surface area contributed by atoms with Gasteiger partial charge in [-0.25, -0.2) is 4.79 Å². The molecule has 0 aromatic heterocycles. The van der Waals surface area contributed by atoms with Crippen LogP contribution < -0.4 is 5.32 Å². The number of nitrogens with one attached hydrogen (secondary N) is 1. The third kappa shape index (κ3) is 7.09. The molecule has 2 aromatic carbocycles. The number of carbonyl (C=O) groups is 1. The zero-order chi connectivity index (χ0) is 22.9. The number of nitrogens with zero attached hydrogens (tertiary/aromatic N) is 3. The minimum Gasteiger partial charge on any atom is -0.478 e. The van der Waals surface area contributed by atoms with Crippen molar-refractivity contribution in [3.63, 3.8) is 0 Å². The molecule has 0 amide bonds. The molecule has 1 saturated heterocycles. The number of aromatic carboxylic acids is 1. The van der Waals surface area contributed by atoms with Gasteiger partial charge in [0.1, 0.15) is 0 Å². The predicted octanol–water partition coefficient (Wildman–Crippen LogP) is 4.45. The molecule has 0 aliphatic carbocycles. The molecule has 6 nitrogen and oxygen atoms in total. The number of carboxylic acids is 1. The van der Waals surface area contributed by atoms with Crippen molar-refractivity contribution < 1.29 is 9.90 Å². The first-order valence-corrected chi connectivity index (χ1v) is 11.6. The number of anilines is 1. The van der Waals surface area contributed by atoms with Gasteiger partial charge in [0.2, 0.25) is 0 Å². The van der Waals surface area contributed by atoms with Gasteiger partial charge in [-0.2, -0.15) is 0 Å². The molecule has 1 atom stereocenters. The van der Waals surface area contributed by atoms with Crippen LogP contribution in [-0.4, -0.2) is 65.6 Å². The van der Waals surface area contributed by atoms with Gasteiger partial charge in [-0.1, -0.05) is 44.2 Å². The van der Waals surface area contributed by atoms with Crippen molar-refractivity contribution in [1.29, 1.82) is 0 Å². The van der Waals surface area contributed by atoms with Crippen LogP contribution in [0, 0.1) is 5.92 Å². The van der Waals surface area contributed by atoms with Crippen LogP contribution in [0.1, 0.15) is 43.1 Å². The Morgan fingerprint density at radius 3 is 2.25 bits per heavy atom. The average Bonchev–Trinajstić information content (AvgIpc) is 2.79. The molecule has 1 aliphatic rings.